The lowest BCUT2D eigenvalue weighted by atomic mass is 10.0. The molecule has 2 saturated heterocycles. The van der Waals surface area contributed by atoms with Gasteiger partial charge in [0, 0.05) is 19.1 Å². The zero-order valence-corrected chi connectivity index (χ0v) is 17.2. The average Bonchev–Trinajstić information content (AvgIpc) is 3.13. The first-order valence-corrected chi connectivity index (χ1v) is 9.42. The molecule has 3 rings (SSSR count). The molecule has 1 aromatic heterocycles. The molecule has 2 N–H and O–H groups in total. The number of carbonyl (C=O) groups is 1. The van der Waals surface area contributed by atoms with E-state index in [1.807, 2.05) is 4.68 Å². The fourth-order valence-electron chi connectivity index (χ4n) is 3.85. The topological polar surface area (TPSA) is 75.1 Å². The number of nitrogens with zero attached hydrogens (tertiary/aromatic N) is 4. The summed E-state index contributed by atoms with van der Waals surface area (Å²) in [7, 11) is 0. The minimum absolute atomic E-state index is 0. The number of nitrogens with one attached hydrogen (secondary N) is 2. The van der Waals surface area contributed by atoms with Gasteiger partial charge in [-0.3, -0.25) is 9.69 Å². The van der Waals surface area contributed by atoms with Crippen molar-refractivity contribution in [3.8, 4) is 0 Å². The van der Waals surface area contributed by atoms with Gasteiger partial charge < -0.3 is 10.6 Å². The molecule has 0 aliphatic carbocycles. The summed E-state index contributed by atoms with van der Waals surface area (Å²) < 4.78 is 1.85. The second-order valence-electron chi connectivity index (χ2n) is 6.91. The van der Waals surface area contributed by atoms with Crippen LogP contribution >= 0.6 is 24.8 Å². The van der Waals surface area contributed by atoms with Gasteiger partial charge in [0.1, 0.15) is 0 Å². The van der Waals surface area contributed by atoms with Crippen LogP contribution in [0.3, 0.4) is 0 Å². The Kier molecular flexibility index (Phi) is 10.5. The Hall–Kier alpha value is -0.890. The second kappa shape index (κ2) is 11.7. The lowest BCUT2D eigenvalue weighted by molar-refractivity contribution is 0.0929. The maximum atomic E-state index is 12.3. The lowest BCUT2D eigenvalue weighted by Gasteiger charge is -2.35. The van der Waals surface area contributed by atoms with E-state index in [1.54, 1.807) is 6.20 Å². The van der Waals surface area contributed by atoms with Crippen LogP contribution in [0.15, 0.2) is 6.20 Å². The van der Waals surface area contributed by atoms with Gasteiger partial charge in [-0.25, -0.2) is 4.68 Å². The fraction of sp³-hybridized carbons (Fsp3) is 0.824. The molecule has 2 fully saturated rings. The predicted octanol–water partition coefficient (Wildman–Crippen LogP) is 2.04. The van der Waals surface area contributed by atoms with Crippen molar-refractivity contribution in [3.05, 3.63) is 11.9 Å². The molecule has 0 radical (unpaired) electrons. The summed E-state index contributed by atoms with van der Waals surface area (Å²) in [5.74, 6) is -0.111. The number of rotatable bonds is 6. The summed E-state index contributed by atoms with van der Waals surface area (Å²) in [6.45, 7) is 7.00. The van der Waals surface area contributed by atoms with Crippen molar-refractivity contribution >= 4 is 30.7 Å². The maximum absolute atomic E-state index is 12.3. The second-order valence-corrected chi connectivity index (χ2v) is 6.91. The summed E-state index contributed by atoms with van der Waals surface area (Å²) in [4.78, 5) is 14.8. The highest BCUT2D eigenvalue weighted by Crippen LogP contribution is 2.19. The highest BCUT2D eigenvalue weighted by Gasteiger charge is 2.21. The molecular weight excluding hydrogens is 375 g/mol. The summed E-state index contributed by atoms with van der Waals surface area (Å²) >= 11 is 0. The minimum Gasteiger partial charge on any atom is -0.349 e. The first-order chi connectivity index (χ1) is 11.8. The van der Waals surface area contributed by atoms with Gasteiger partial charge in [-0.15, -0.1) is 29.9 Å². The van der Waals surface area contributed by atoms with Crippen LogP contribution in [-0.2, 0) is 0 Å². The van der Waals surface area contributed by atoms with Crippen LogP contribution in [0.25, 0.3) is 0 Å². The van der Waals surface area contributed by atoms with Crippen molar-refractivity contribution in [2.24, 2.45) is 0 Å². The normalized spacial score (nSPS) is 21.5. The molecule has 26 heavy (non-hydrogen) atoms. The molecule has 2 aliphatic rings. The van der Waals surface area contributed by atoms with Gasteiger partial charge in [0.05, 0.1) is 12.2 Å². The molecule has 1 amide bonds. The minimum atomic E-state index is -0.111. The Morgan fingerprint density at radius 2 is 2.04 bits per heavy atom. The quantitative estimate of drug-likeness (QED) is 0.755. The van der Waals surface area contributed by atoms with Crippen LogP contribution in [0.2, 0.25) is 0 Å². The van der Waals surface area contributed by atoms with Crippen molar-refractivity contribution in [2.45, 2.75) is 57.5 Å². The standard InChI is InChI=1S/C17H30N6O.2ClH/c1-2-14-5-3-4-11-22(14)12-10-19-17(24)16-13-23(21-20-16)15-6-8-18-9-7-15;;/h13-15,18H,2-12H2,1H3,(H,19,24);2*1H. The van der Waals surface area contributed by atoms with Gasteiger partial charge in [0.25, 0.3) is 5.91 Å². The zero-order valence-electron chi connectivity index (χ0n) is 15.5. The van der Waals surface area contributed by atoms with Crippen LogP contribution in [0, 0.1) is 0 Å². The lowest BCUT2D eigenvalue weighted by Crippen LogP contribution is -2.43. The smallest absolute Gasteiger partial charge is 0.273 e. The Morgan fingerprint density at radius 1 is 1.27 bits per heavy atom. The highest BCUT2D eigenvalue weighted by molar-refractivity contribution is 5.91. The van der Waals surface area contributed by atoms with Gasteiger partial charge in [0.15, 0.2) is 5.69 Å². The Bertz CT molecular complexity index is 535. The van der Waals surface area contributed by atoms with Gasteiger partial charge in [0.2, 0.25) is 0 Å². The first-order valence-electron chi connectivity index (χ1n) is 9.42. The van der Waals surface area contributed by atoms with Crippen molar-refractivity contribution in [2.75, 3.05) is 32.7 Å². The van der Waals surface area contributed by atoms with Gasteiger partial charge in [-0.2, -0.15) is 0 Å². The fourth-order valence-corrected chi connectivity index (χ4v) is 3.85. The summed E-state index contributed by atoms with van der Waals surface area (Å²) in [6, 6.07) is 1.04. The molecule has 0 spiro atoms. The highest BCUT2D eigenvalue weighted by atomic mass is 35.5. The molecule has 150 valence electrons. The van der Waals surface area contributed by atoms with Crippen LogP contribution in [0.4, 0.5) is 0 Å². The van der Waals surface area contributed by atoms with E-state index in [0.717, 1.165) is 39.0 Å². The summed E-state index contributed by atoms with van der Waals surface area (Å²) in [5, 5.41) is 14.5. The summed E-state index contributed by atoms with van der Waals surface area (Å²) in [6.07, 6.45) is 8.96. The third-order valence-corrected chi connectivity index (χ3v) is 5.33. The van der Waals surface area contributed by atoms with Gasteiger partial charge >= 0.3 is 0 Å². The van der Waals surface area contributed by atoms with E-state index >= 15 is 0 Å². The number of amides is 1. The van der Waals surface area contributed by atoms with E-state index in [2.05, 4.69) is 32.8 Å². The van der Waals surface area contributed by atoms with Gasteiger partial charge in [-0.05, 0) is 51.7 Å². The molecule has 2 aliphatic heterocycles. The van der Waals surface area contributed by atoms with Crippen LogP contribution in [0.1, 0.15) is 62.0 Å². The Balaban J connectivity index is 0.00000169. The SMILES string of the molecule is CCC1CCCCN1CCNC(=O)c1cn(C2CCNCC2)nn1.Cl.Cl. The average molecular weight is 407 g/mol. The molecule has 1 unspecified atom stereocenters. The first kappa shape index (κ1) is 23.1. The van der Waals surface area contributed by atoms with Crippen molar-refractivity contribution < 1.29 is 4.79 Å². The molecule has 1 aromatic rings. The number of hydrogen-bond donors (Lipinski definition) is 2. The number of hydrogen-bond acceptors (Lipinski definition) is 5. The van der Waals surface area contributed by atoms with E-state index in [1.165, 1.54) is 25.7 Å². The van der Waals surface area contributed by atoms with E-state index in [9.17, 15) is 4.79 Å². The van der Waals surface area contributed by atoms with Crippen LogP contribution in [0.5, 0.6) is 0 Å². The molecule has 0 aromatic carbocycles. The number of piperidine rings is 2. The monoisotopic (exact) mass is 406 g/mol. The number of carbonyl (C=O) groups excluding carboxylic acids is 1. The summed E-state index contributed by atoms with van der Waals surface area (Å²) in [5.41, 5.74) is 0.430. The maximum Gasteiger partial charge on any atom is 0.273 e. The molecule has 0 saturated carbocycles. The Labute approximate surface area is 168 Å². The third-order valence-electron chi connectivity index (χ3n) is 5.33. The molecule has 0 bridgehead atoms. The molecule has 1 atom stereocenters. The number of likely N-dealkylation sites (tertiary alicyclic amines) is 1. The third kappa shape index (κ3) is 6.08. The molecule has 7 nitrogen and oxygen atoms in total. The van der Waals surface area contributed by atoms with E-state index in [4.69, 9.17) is 0 Å². The molecule has 9 heteroatoms. The van der Waals surface area contributed by atoms with E-state index in [0.29, 0.717) is 24.3 Å². The van der Waals surface area contributed by atoms with Gasteiger partial charge in [-0.1, -0.05) is 18.6 Å². The largest absolute Gasteiger partial charge is 0.349 e. The molecular formula is C17H32Cl2N6O. The molecule has 3 heterocycles. The number of aromatic nitrogens is 3. The van der Waals surface area contributed by atoms with E-state index in [-0.39, 0.29) is 30.7 Å². The van der Waals surface area contributed by atoms with E-state index < -0.39 is 0 Å². The zero-order chi connectivity index (χ0) is 16.8. The van der Waals surface area contributed by atoms with Crippen molar-refractivity contribution in [1.29, 1.82) is 0 Å². The van der Waals surface area contributed by atoms with Crippen molar-refractivity contribution in [3.63, 3.8) is 0 Å². The predicted molar refractivity (Wildman–Crippen MR) is 107 cm³/mol. The van der Waals surface area contributed by atoms with Crippen LogP contribution in [-0.4, -0.2) is 64.6 Å². The van der Waals surface area contributed by atoms with Crippen molar-refractivity contribution in [1.82, 2.24) is 30.5 Å². The van der Waals surface area contributed by atoms with Crippen LogP contribution < -0.4 is 10.6 Å². The Morgan fingerprint density at radius 3 is 2.77 bits per heavy atom. The number of halogens is 2.